The average Bonchev–Trinajstić information content (AvgIpc) is 2.10. The van der Waals surface area contributed by atoms with Crippen LogP contribution < -0.4 is 11.1 Å². The van der Waals surface area contributed by atoms with Gasteiger partial charge in [0.15, 0.2) is 0 Å². The minimum Gasteiger partial charge on any atom is -0.378 e. The first kappa shape index (κ1) is 11.4. The maximum Gasteiger partial charge on any atom is 0.150 e. The van der Waals surface area contributed by atoms with Crippen molar-refractivity contribution in [1.29, 1.82) is 0 Å². The van der Waals surface area contributed by atoms with Gasteiger partial charge in [-0.2, -0.15) is 0 Å². The van der Waals surface area contributed by atoms with Gasteiger partial charge in [0.2, 0.25) is 0 Å². The second-order valence-corrected chi connectivity index (χ2v) is 3.88. The fraction of sp³-hybridized carbons (Fsp3) is 0.333. The second-order valence-electron chi connectivity index (χ2n) is 3.03. The van der Waals surface area contributed by atoms with Gasteiger partial charge in [-0.05, 0) is 28.9 Å². The van der Waals surface area contributed by atoms with E-state index in [1.54, 1.807) is 0 Å². The van der Waals surface area contributed by atoms with E-state index in [2.05, 4.69) is 21.2 Å². The summed E-state index contributed by atoms with van der Waals surface area (Å²) in [7, 11) is 0. The Labute approximate surface area is 89.6 Å². The summed E-state index contributed by atoms with van der Waals surface area (Å²) in [5.41, 5.74) is 5.62. The van der Waals surface area contributed by atoms with Crippen LogP contribution in [-0.4, -0.2) is 12.6 Å². The molecule has 2 nitrogen and oxygen atoms in total. The monoisotopic (exact) mass is 264 g/mol. The van der Waals surface area contributed by atoms with Crippen LogP contribution in [0.25, 0.3) is 0 Å². The zero-order valence-electron chi connectivity index (χ0n) is 7.65. The van der Waals surface area contributed by atoms with Crippen molar-refractivity contribution in [3.8, 4) is 0 Å². The van der Waals surface area contributed by atoms with Gasteiger partial charge in [-0.25, -0.2) is 8.78 Å². The summed E-state index contributed by atoms with van der Waals surface area (Å²) in [6.45, 7) is 2.19. The lowest BCUT2D eigenvalue weighted by Crippen LogP contribution is -2.25. The molecule has 14 heavy (non-hydrogen) atoms. The maximum atomic E-state index is 13.2. The molecule has 0 bridgehead atoms. The van der Waals surface area contributed by atoms with Gasteiger partial charge < -0.3 is 11.1 Å². The van der Waals surface area contributed by atoms with Crippen LogP contribution in [0.5, 0.6) is 0 Å². The molecule has 0 fully saturated rings. The minimum atomic E-state index is -0.628. The highest BCUT2D eigenvalue weighted by Crippen LogP contribution is 2.27. The van der Waals surface area contributed by atoms with E-state index >= 15 is 0 Å². The summed E-state index contributed by atoms with van der Waals surface area (Å²) in [4.78, 5) is 0. The van der Waals surface area contributed by atoms with Crippen molar-refractivity contribution in [2.24, 2.45) is 5.73 Å². The third-order valence-electron chi connectivity index (χ3n) is 1.75. The number of hydrogen-bond acceptors (Lipinski definition) is 2. The molecule has 3 N–H and O–H groups in total. The molecule has 0 saturated heterocycles. The summed E-state index contributed by atoms with van der Waals surface area (Å²) >= 11 is 3.07. The SMILES string of the molecule is CC(CN)Nc1c(F)cc(F)cc1Br. The summed E-state index contributed by atoms with van der Waals surface area (Å²) in [6.07, 6.45) is 0. The highest BCUT2D eigenvalue weighted by Gasteiger charge is 2.10. The lowest BCUT2D eigenvalue weighted by atomic mass is 10.2. The third-order valence-corrected chi connectivity index (χ3v) is 2.38. The van der Waals surface area contributed by atoms with Crippen LogP contribution in [0.15, 0.2) is 16.6 Å². The minimum absolute atomic E-state index is 0.0636. The van der Waals surface area contributed by atoms with Gasteiger partial charge in [0.25, 0.3) is 0 Å². The molecule has 5 heteroatoms. The molecular formula is C9H11BrF2N2. The molecule has 0 spiro atoms. The van der Waals surface area contributed by atoms with Crippen LogP contribution in [0.1, 0.15) is 6.92 Å². The van der Waals surface area contributed by atoms with Crippen molar-refractivity contribution in [3.63, 3.8) is 0 Å². The average molecular weight is 265 g/mol. The second kappa shape index (κ2) is 4.70. The molecule has 1 atom stereocenters. The maximum absolute atomic E-state index is 13.2. The predicted molar refractivity (Wildman–Crippen MR) is 56.2 cm³/mol. The van der Waals surface area contributed by atoms with E-state index in [0.29, 0.717) is 11.0 Å². The van der Waals surface area contributed by atoms with Crippen LogP contribution in [0.4, 0.5) is 14.5 Å². The number of nitrogens with two attached hydrogens (primary N) is 1. The van der Waals surface area contributed by atoms with E-state index in [-0.39, 0.29) is 11.7 Å². The van der Waals surface area contributed by atoms with Crippen LogP contribution in [0, 0.1) is 11.6 Å². The van der Waals surface area contributed by atoms with Crippen LogP contribution >= 0.6 is 15.9 Å². The van der Waals surface area contributed by atoms with Crippen molar-refractivity contribution in [3.05, 3.63) is 28.2 Å². The van der Waals surface area contributed by atoms with Gasteiger partial charge in [-0.3, -0.25) is 0 Å². The summed E-state index contributed by atoms with van der Waals surface area (Å²) in [5, 5.41) is 2.84. The number of benzene rings is 1. The highest BCUT2D eigenvalue weighted by atomic mass is 79.9. The Kier molecular flexibility index (Phi) is 3.83. The van der Waals surface area contributed by atoms with E-state index in [1.165, 1.54) is 6.07 Å². The quantitative estimate of drug-likeness (QED) is 0.881. The highest BCUT2D eigenvalue weighted by molar-refractivity contribution is 9.10. The normalized spacial score (nSPS) is 12.6. The van der Waals surface area contributed by atoms with Crippen LogP contribution in [0.2, 0.25) is 0 Å². The molecule has 0 radical (unpaired) electrons. The molecule has 1 unspecified atom stereocenters. The molecule has 1 rings (SSSR count). The first-order valence-electron chi connectivity index (χ1n) is 4.15. The summed E-state index contributed by atoms with van der Waals surface area (Å²) in [5.74, 6) is -1.24. The van der Waals surface area contributed by atoms with E-state index in [9.17, 15) is 8.78 Å². The Bertz CT molecular complexity index is 308. The van der Waals surface area contributed by atoms with Crippen molar-refractivity contribution < 1.29 is 8.78 Å². The molecule has 0 aliphatic rings. The van der Waals surface area contributed by atoms with Gasteiger partial charge >= 0.3 is 0 Å². The fourth-order valence-electron chi connectivity index (χ4n) is 0.985. The van der Waals surface area contributed by atoms with Crippen molar-refractivity contribution >= 4 is 21.6 Å². The van der Waals surface area contributed by atoms with E-state index in [0.717, 1.165) is 6.07 Å². The van der Waals surface area contributed by atoms with E-state index < -0.39 is 11.6 Å². The molecule has 1 aromatic rings. The molecule has 0 aliphatic carbocycles. The Morgan fingerprint density at radius 1 is 1.50 bits per heavy atom. The zero-order chi connectivity index (χ0) is 10.7. The van der Waals surface area contributed by atoms with Crippen molar-refractivity contribution in [1.82, 2.24) is 0 Å². The van der Waals surface area contributed by atoms with Gasteiger partial charge in [0.05, 0.1) is 5.69 Å². The topological polar surface area (TPSA) is 38.0 Å². The number of hydrogen-bond donors (Lipinski definition) is 2. The lowest BCUT2D eigenvalue weighted by Gasteiger charge is -2.15. The Hall–Kier alpha value is -0.680. The van der Waals surface area contributed by atoms with Crippen LogP contribution in [0.3, 0.4) is 0 Å². The third kappa shape index (κ3) is 2.65. The number of anilines is 1. The lowest BCUT2D eigenvalue weighted by molar-refractivity contribution is 0.582. The first-order valence-corrected chi connectivity index (χ1v) is 4.95. The van der Waals surface area contributed by atoms with E-state index in [4.69, 9.17) is 5.73 Å². The van der Waals surface area contributed by atoms with Crippen molar-refractivity contribution in [2.75, 3.05) is 11.9 Å². The molecule has 0 aliphatic heterocycles. The summed E-state index contributed by atoms with van der Waals surface area (Å²) < 4.78 is 26.3. The first-order chi connectivity index (χ1) is 6.54. The van der Waals surface area contributed by atoms with Gasteiger partial charge in [-0.15, -0.1) is 0 Å². The molecule has 0 amide bonds. The molecule has 1 aromatic carbocycles. The van der Waals surface area contributed by atoms with Gasteiger partial charge in [-0.1, -0.05) is 0 Å². The Morgan fingerprint density at radius 3 is 2.64 bits per heavy atom. The van der Waals surface area contributed by atoms with Crippen molar-refractivity contribution in [2.45, 2.75) is 13.0 Å². The van der Waals surface area contributed by atoms with Crippen LogP contribution in [-0.2, 0) is 0 Å². The Morgan fingerprint density at radius 2 is 2.14 bits per heavy atom. The zero-order valence-corrected chi connectivity index (χ0v) is 9.24. The smallest absolute Gasteiger partial charge is 0.150 e. The molecule has 0 heterocycles. The molecule has 0 saturated carbocycles. The molecule has 78 valence electrons. The number of nitrogens with one attached hydrogen (secondary N) is 1. The molecular weight excluding hydrogens is 254 g/mol. The van der Waals surface area contributed by atoms with Gasteiger partial charge in [0.1, 0.15) is 11.6 Å². The fourth-order valence-corrected chi connectivity index (χ4v) is 1.51. The molecule has 0 aromatic heterocycles. The Balaban J connectivity index is 2.96. The van der Waals surface area contributed by atoms with Gasteiger partial charge in [0, 0.05) is 23.1 Å². The number of rotatable bonds is 3. The van der Waals surface area contributed by atoms with E-state index in [1.807, 2.05) is 6.92 Å². The number of halogens is 3. The summed E-state index contributed by atoms with van der Waals surface area (Å²) in [6, 6.07) is 1.97. The largest absolute Gasteiger partial charge is 0.378 e. The predicted octanol–water partition coefficient (Wildman–Crippen LogP) is 2.49. The standard InChI is InChI=1S/C9H11BrF2N2/c1-5(4-13)14-9-7(10)2-6(11)3-8(9)12/h2-3,5,14H,4,13H2,1H3.